The van der Waals surface area contributed by atoms with Gasteiger partial charge in [0.05, 0.1) is 12.1 Å². The van der Waals surface area contributed by atoms with Gasteiger partial charge in [-0.2, -0.15) is 0 Å². The van der Waals surface area contributed by atoms with Gasteiger partial charge in [-0.1, -0.05) is 0 Å². The maximum Gasteiger partial charge on any atom is 0.407 e. The Labute approximate surface area is 169 Å². The number of nitrogens with zero attached hydrogens (tertiary/aromatic N) is 4. The van der Waals surface area contributed by atoms with Crippen molar-refractivity contribution in [2.75, 3.05) is 19.6 Å². The number of β-amino-alcohol motifs (C(OH)–C–C–N with tert-alkyl or cyclic N) is 1. The fourth-order valence-electron chi connectivity index (χ4n) is 3.19. The molecule has 1 aliphatic rings. The van der Waals surface area contributed by atoms with Crippen molar-refractivity contribution >= 4 is 23.5 Å². The number of hydrogen-bond acceptors (Lipinski definition) is 7. The Bertz CT molecular complexity index is 707. The van der Waals surface area contributed by atoms with E-state index in [9.17, 15) is 20.0 Å². The van der Waals surface area contributed by atoms with E-state index in [2.05, 4.69) is 15.2 Å². The molecule has 1 saturated heterocycles. The van der Waals surface area contributed by atoms with Crippen molar-refractivity contribution in [3.05, 3.63) is 21.6 Å². The third kappa shape index (κ3) is 6.92. The second-order valence-corrected chi connectivity index (χ2v) is 8.78. The van der Waals surface area contributed by atoms with Crippen LogP contribution in [0, 0.1) is 10.1 Å². The molecule has 1 aromatic rings. The third-order valence-electron chi connectivity index (χ3n) is 4.29. The normalized spacial score (nSPS) is 18.5. The minimum Gasteiger partial charge on any atom is -0.444 e. The summed E-state index contributed by atoms with van der Waals surface area (Å²) < 4.78 is 6.64. The van der Waals surface area contributed by atoms with Crippen LogP contribution in [0.25, 0.3) is 0 Å². The first-order valence-corrected chi connectivity index (χ1v) is 9.54. The Hall–Kier alpha value is -1.91. The van der Waals surface area contributed by atoms with E-state index >= 15 is 0 Å². The van der Waals surface area contributed by atoms with Gasteiger partial charge in [-0.05, 0) is 62.0 Å². The lowest BCUT2D eigenvalue weighted by Crippen LogP contribution is -2.50. The molecule has 2 rings (SSSR count). The molecule has 158 valence electrons. The number of nitro groups is 1. The van der Waals surface area contributed by atoms with E-state index in [1.807, 2.05) is 20.8 Å². The summed E-state index contributed by atoms with van der Waals surface area (Å²) in [5.74, 6) is -0.352. The number of alkyl carbamates (subject to hydrolysis) is 1. The summed E-state index contributed by atoms with van der Waals surface area (Å²) in [4.78, 5) is 27.8. The lowest BCUT2D eigenvalue weighted by atomic mass is 10.0. The standard InChI is InChI=1S/C17H28ClN5O5/c1-16(2,3)28-15(24)19-12-5-7-21(8-6-12)10-17(4,25)11-22-9-13(23(26)27)20-14(22)18/h9,12,25H,5-8,10-11H2,1-4H3,(H,19,24). The van der Waals surface area contributed by atoms with Gasteiger partial charge < -0.3 is 30.2 Å². The quantitative estimate of drug-likeness (QED) is 0.537. The Balaban J connectivity index is 1.83. The van der Waals surface area contributed by atoms with Crippen molar-refractivity contribution in [3.63, 3.8) is 0 Å². The zero-order chi connectivity index (χ0) is 21.1. The van der Waals surface area contributed by atoms with Gasteiger partial charge >= 0.3 is 17.2 Å². The van der Waals surface area contributed by atoms with Crippen LogP contribution in [-0.2, 0) is 11.3 Å². The number of nitrogens with one attached hydrogen (secondary N) is 1. The summed E-state index contributed by atoms with van der Waals surface area (Å²) in [5, 5.41) is 24.4. The van der Waals surface area contributed by atoms with E-state index < -0.39 is 22.2 Å². The highest BCUT2D eigenvalue weighted by molar-refractivity contribution is 6.28. The van der Waals surface area contributed by atoms with Crippen molar-refractivity contribution in [1.82, 2.24) is 19.8 Å². The second kappa shape index (κ2) is 8.62. The molecule has 0 spiro atoms. The van der Waals surface area contributed by atoms with Crippen molar-refractivity contribution in [2.24, 2.45) is 0 Å². The SMILES string of the molecule is CC(O)(CN1CCC(NC(=O)OC(C)(C)C)CC1)Cn1cc([N+](=O)[O-])nc1Cl. The van der Waals surface area contributed by atoms with Gasteiger partial charge in [-0.3, -0.25) is 4.57 Å². The number of aromatic nitrogens is 2. The Morgan fingerprint density at radius 1 is 1.39 bits per heavy atom. The number of halogens is 1. The first-order valence-electron chi connectivity index (χ1n) is 9.16. The number of amides is 1. The minimum atomic E-state index is -1.15. The molecular weight excluding hydrogens is 390 g/mol. The molecule has 1 aromatic heterocycles. The summed E-state index contributed by atoms with van der Waals surface area (Å²) in [6, 6.07) is 0.0294. The fraction of sp³-hybridized carbons (Fsp3) is 0.765. The Morgan fingerprint density at radius 2 is 2.00 bits per heavy atom. The number of imidazole rings is 1. The summed E-state index contributed by atoms with van der Waals surface area (Å²) in [7, 11) is 0. The van der Waals surface area contributed by atoms with Gasteiger partial charge in [-0.15, -0.1) is 0 Å². The van der Waals surface area contributed by atoms with Crippen LogP contribution in [0.5, 0.6) is 0 Å². The molecule has 1 unspecified atom stereocenters. The smallest absolute Gasteiger partial charge is 0.407 e. The minimum absolute atomic E-state index is 0.0294. The number of carbonyl (C=O) groups is 1. The highest BCUT2D eigenvalue weighted by Gasteiger charge is 2.31. The number of aliphatic hydroxyl groups is 1. The van der Waals surface area contributed by atoms with E-state index in [-0.39, 0.29) is 23.7 Å². The molecule has 1 atom stereocenters. The van der Waals surface area contributed by atoms with Gasteiger partial charge in [0.15, 0.2) is 0 Å². The lowest BCUT2D eigenvalue weighted by Gasteiger charge is -2.37. The highest BCUT2D eigenvalue weighted by atomic mass is 35.5. The first-order chi connectivity index (χ1) is 12.8. The number of rotatable bonds is 6. The highest BCUT2D eigenvalue weighted by Crippen LogP contribution is 2.21. The van der Waals surface area contributed by atoms with Gasteiger partial charge in [0, 0.05) is 25.7 Å². The maximum absolute atomic E-state index is 11.9. The summed E-state index contributed by atoms with van der Waals surface area (Å²) in [5.41, 5.74) is -1.68. The average Bonchev–Trinajstić information content (AvgIpc) is 2.87. The zero-order valence-electron chi connectivity index (χ0n) is 16.6. The van der Waals surface area contributed by atoms with E-state index in [1.54, 1.807) is 6.92 Å². The third-order valence-corrected chi connectivity index (χ3v) is 4.59. The molecule has 0 radical (unpaired) electrons. The molecule has 1 aliphatic heterocycles. The Morgan fingerprint density at radius 3 is 2.50 bits per heavy atom. The van der Waals surface area contributed by atoms with Crippen molar-refractivity contribution in [1.29, 1.82) is 0 Å². The van der Waals surface area contributed by atoms with E-state index in [4.69, 9.17) is 16.3 Å². The summed E-state index contributed by atoms with van der Waals surface area (Å²) in [6.07, 6.45) is 2.28. The number of likely N-dealkylation sites (tertiary alicyclic amines) is 1. The number of hydrogen-bond donors (Lipinski definition) is 2. The van der Waals surface area contributed by atoms with E-state index in [0.29, 0.717) is 19.6 Å². The molecule has 2 heterocycles. The molecule has 0 bridgehead atoms. The summed E-state index contributed by atoms with van der Waals surface area (Å²) >= 11 is 5.92. The number of carbonyl (C=O) groups excluding carboxylic acids is 1. The van der Waals surface area contributed by atoms with Gasteiger partial charge in [-0.25, -0.2) is 4.79 Å². The predicted molar refractivity (Wildman–Crippen MR) is 103 cm³/mol. The molecular formula is C17H28ClN5O5. The molecule has 11 heteroatoms. The topological polar surface area (TPSA) is 123 Å². The molecule has 0 aliphatic carbocycles. The maximum atomic E-state index is 11.9. The lowest BCUT2D eigenvalue weighted by molar-refractivity contribution is -0.389. The second-order valence-electron chi connectivity index (χ2n) is 8.45. The molecule has 1 amide bonds. The predicted octanol–water partition coefficient (Wildman–Crippen LogP) is 2.18. The van der Waals surface area contributed by atoms with Crippen LogP contribution in [0.3, 0.4) is 0 Å². The molecule has 0 aromatic carbocycles. The van der Waals surface area contributed by atoms with E-state index in [0.717, 1.165) is 12.8 Å². The fourth-order valence-corrected chi connectivity index (χ4v) is 3.38. The number of ether oxygens (including phenoxy) is 1. The van der Waals surface area contributed by atoms with Crippen LogP contribution in [0.2, 0.25) is 5.28 Å². The molecule has 28 heavy (non-hydrogen) atoms. The number of piperidine rings is 1. The van der Waals surface area contributed by atoms with Crippen molar-refractivity contribution < 1.29 is 19.6 Å². The van der Waals surface area contributed by atoms with Crippen molar-refractivity contribution in [2.45, 2.75) is 64.3 Å². The van der Waals surface area contributed by atoms with Gasteiger partial charge in [0.25, 0.3) is 0 Å². The van der Waals surface area contributed by atoms with Crippen LogP contribution in [0.15, 0.2) is 6.20 Å². The molecule has 1 fully saturated rings. The van der Waals surface area contributed by atoms with Gasteiger partial charge in [0.1, 0.15) is 11.8 Å². The van der Waals surface area contributed by atoms with Crippen LogP contribution < -0.4 is 5.32 Å². The largest absolute Gasteiger partial charge is 0.444 e. The monoisotopic (exact) mass is 417 g/mol. The molecule has 2 N–H and O–H groups in total. The Kier molecular flexibility index (Phi) is 6.89. The summed E-state index contributed by atoms with van der Waals surface area (Å²) in [6.45, 7) is 8.97. The van der Waals surface area contributed by atoms with Crippen LogP contribution >= 0.6 is 11.6 Å². The molecule has 10 nitrogen and oxygen atoms in total. The molecule has 0 saturated carbocycles. The zero-order valence-corrected chi connectivity index (χ0v) is 17.4. The van der Waals surface area contributed by atoms with Gasteiger partial charge in [0.2, 0.25) is 0 Å². The van der Waals surface area contributed by atoms with Crippen molar-refractivity contribution in [3.8, 4) is 0 Å². The first kappa shape index (κ1) is 22.4. The van der Waals surface area contributed by atoms with Crippen LogP contribution in [-0.4, -0.2) is 67.5 Å². The van der Waals surface area contributed by atoms with E-state index in [1.165, 1.54) is 10.8 Å². The van der Waals surface area contributed by atoms with Crippen LogP contribution in [0.1, 0.15) is 40.5 Å². The average molecular weight is 418 g/mol. The van der Waals surface area contributed by atoms with Crippen LogP contribution in [0.4, 0.5) is 10.6 Å².